The monoisotopic (exact) mass is 316 g/mol. The van der Waals surface area contributed by atoms with Crippen molar-refractivity contribution < 1.29 is 5.48 Å². The van der Waals surface area contributed by atoms with E-state index in [-0.39, 0.29) is 5.48 Å². The number of rotatable bonds is 1. The van der Waals surface area contributed by atoms with Gasteiger partial charge in [0.25, 0.3) is 0 Å². The molecule has 0 unspecified atom stereocenters. The van der Waals surface area contributed by atoms with Gasteiger partial charge in [0, 0.05) is 17.0 Å². The standard InChI is InChI=1S/C19H14N4.H2O/c20-18-15-9-3-1-7-13(15)14-8-2-4-10-16(14)19(23-18)22-17-11-5-6-12-21-17;/h1-12H,(H2,20,21,22,23);1H2. The molecule has 118 valence electrons. The van der Waals surface area contributed by atoms with Gasteiger partial charge in [0.05, 0.1) is 0 Å². The van der Waals surface area contributed by atoms with Crippen LogP contribution in [0.25, 0.3) is 21.5 Å². The molecule has 0 spiro atoms. The lowest BCUT2D eigenvalue weighted by Gasteiger charge is -1.97. The van der Waals surface area contributed by atoms with Crippen molar-refractivity contribution in [2.24, 2.45) is 4.99 Å². The molecule has 4 aromatic rings. The maximum absolute atomic E-state index is 6.22. The number of nitrogens with zero attached hydrogens (tertiary/aromatic N) is 3. The topological polar surface area (TPSA) is 95.7 Å². The van der Waals surface area contributed by atoms with Crippen molar-refractivity contribution in [1.82, 2.24) is 9.97 Å². The van der Waals surface area contributed by atoms with Crippen LogP contribution >= 0.6 is 0 Å². The molecule has 0 atom stereocenters. The summed E-state index contributed by atoms with van der Waals surface area (Å²) in [6, 6.07) is 21.7. The molecule has 0 saturated carbocycles. The van der Waals surface area contributed by atoms with E-state index in [0.29, 0.717) is 17.1 Å². The molecule has 2 heterocycles. The van der Waals surface area contributed by atoms with Gasteiger partial charge in [-0.25, -0.2) is 15.0 Å². The summed E-state index contributed by atoms with van der Waals surface area (Å²) in [5, 5.41) is 4.01. The normalized spacial score (nSPS) is 11.4. The summed E-state index contributed by atoms with van der Waals surface area (Å²) in [7, 11) is 0. The Morgan fingerprint density at radius 1 is 0.708 bits per heavy atom. The van der Waals surface area contributed by atoms with Crippen LogP contribution in [-0.2, 0) is 0 Å². The highest BCUT2D eigenvalue weighted by Crippen LogP contribution is 2.24. The van der Waals surface area contributed by atoms with E-state index >= 15 is 0 Å². The Labute approximate surface area is 138 Å². The number of pyridine rings is 1. The lowest BCUT2D eigenvalue weighted by atomic mass is 10.1. The van der Waals surface area contributed by atoms with Crippen LogP contribution in [-0.4, -0.2) is 15.4 Å². The molecule has 0 saturated heterocycles. The van der Waals surface area contributed by atoms with E-state index in [4.69, 9.17) is 5.73 Å². The predicted octanol–water partition coefficient (Wildman–Crippen LogP) is 2.77. The highest BCUT2D eigenvalue weighted by Gasteiger charge is 2.05. The first-order valence-corrected chi connectivity index (χ1v) is 7.36. The summed E-state index contributed by atoms with van der Waals surface area (Å²) in [6.07, 6.45) is 1.71. The average Bonchev–Trinajstić information content (AvgIpc) is 2.72. The molecule has 5 nitrogen and oxygen atoms in total. The Balaban J connectivity index is 0.00000169. The summed E-state index contributed by atoms with van der Waals surface area (Å²) < 4.78 is 0. The van der Waals surface area contributed by atoms with Crippen molar-refractivity contribution in [2.75, 3.05) is 5.73 Å². The molecule has 0 aliphatic rings. The van der Waals surface area contributed by atoms with Crippen molar-refractivity contribution in [3.8, 4) is 0 Å². The number of fused-ring (bicyclic) bond motifs is 3. The van der Waals surface area contributed by atoms with E-state index in [9.17, 15) is 0 Å². The van der Waals surface area contributed by atoms with E-state index < -0.39 is 0 Å². The zero-order valence-electron chi connectivity index (χ0n) is 12.8. The molecule has 0 aliphatic heterocycles. The first-order chi connectivity index (χ1) is 11.3. The van der Waals surface area contributed by atoms with Crippen LogP contribution in [0.15, 0.2) is 77.9 Å². The van der Waals surface area contributed by atoms with Crippen molar-refractivity contribution >= 4 is 33.2 Å². The van der Waals surface area contributed by atoms with Gasteiger partial charge in [-0.1, -0.05) is 54.6 Å². The third-order valence-corrected chi connectivity index (χ3v) is 3.76. The van der Waals surface area contributed by atoms with Gasteiger partial charge < -0.3 is 11.2 Å². The molecule has 0 amide bonds. The summed E-state index contributed by atoms with van der Waals surface area (Å²) in [6.45, 7) is 0. The van der Waals surface area contributed by atoms with Crippen LogP contribution in [0.5, 0.6) is 0 Å². The molecule has 2 aromatic heterocycles. The average molecular weight is 316 g/mol. The minimum absolute atomic E-state index is 0. The van der Waals surface area contributed by atoms with Crippen LogP contribution in [0.2, 0.25) is 0 Å². The van der Waals surface area contributed by atoms with E-state index in [0.717, 1.165) is 21.5 Å². The first-order valence-electron chi connectivity index (χ1n) is 7.36. The molecule has 24 heavy (non-hydrogen) atoms. The van der Waals surface area contributed by atoms with E-state index in [1.54, 1.807) is 6.20 Å². The second kappa shape index (κ2) is 6.44. The number of anilines is 1. The zero-order valence-corrected chi connectivity index (χ0v) is 12.8. The summed E-state index contributed by atoms with van der Waals surface area (Å²) in [5.74, 6) is 1.08. The predicted molar refractivity (Wildman–Crippen MR) is 96.7 cm³/mol. The molecule has 2 aromatic carbocycles. The van der Waals surface area contributed by atoms with Crippen LogP contribution < -0.4 is 11.2 Å². The molecule has 0 radical (unpaired) electrons. The zero-order chi connectivity index (χ0) is 15.6. The molecular formula is C19H16N4O. The minimum atomic E-state index is 0. The SMILES string of the molecule is Nc1n/c(=N\c2ccccn2)c2ccccc2c2ccccc12.O. The lowest BCUT2D eigenvalue weighted by molar-refractivity contribution is 0.824. The summed E-state index contributed by atoms with van der Waals surface area (Å²) in [5.41, 5.74) is 6.80. The Morgan fingerprint density at radius 3 is 1.96 bits per heavy atom. The Hall–Kier alpha value is -3.31. The van der Waals surface area contributed by atoms with Crippen molar-refractivity contribution in [3.63, 3.8) is 0 Å². The van der Waals surface area contributed by atoms with Gasteiger partial charge in [0.1, 0.15) is 5.82 Å². The van der Waals surface area contributed by atoms with Gasteiger partial charge >= 0.3 is 0 Å². The van der Waals surface area contributed by atoms with E-state index in [1.807, 2.05) is 54.6 Å². The fourth-order valence-electron chi connectivity index (χ4n) is 2.70. The first kappa shape index (κ1) is 15.6. The van der Waals surface area contributed by atoms with Gasteiger partial charge in [-0.05, 0) is 22.9 Å². The third-order valence-electron chi connectivity index (χ3n) is 3.76. The third kappa shape index (κ3) is 2.68. The number of nitrogen functional groups attached to an aromatic ring is 1. The van der Waals surface area contributed by atoms with Crippen molar-refractivity contribution in [1.29, 1.82) is 0 Å². The summed E-state index contributed by atoms with van der Waals surface area (Å²) in [4.78, 5) is 13.4. The largest absolute Gasteiger partial charge is 0.412 e. The molecule has 0 fully saturated rings. The molecule has 0 bridgehead atoms. The highest BCUT2D eigenvalue weighted by molar-refractivity contribution is 6.08. The minimum Gasteiger partial charge on any atom is -0.412 e. The second-order valence-electron chi connectivity index (χ2n) is 5.21. The number of hydrogen-bond donors (Lipinski definition) is 1. The second-order valence-corrected chi connectivity index (χ2v) is 5.21. The Kier molecular flexibility index (Phi) is 4.18. The highest BCUT2D eigenvalue weighted by atomic mass is 16.0. The van der Waals surface area contributed by atoms with Gasteiger partial charge in [0.2, 0.25) is 0 Å². The van der Waals surface area contributed by atoms with E-state index in [1.165, 1.54) is 0 Å². The molecule has 0 aliphatic carbocycles. The number of aromatic nitrogens is 2. The summed E-state index contributed by atoms with van der Waals surface area (Å²) >= 11 is 0. The smallest absolute Gasteiger partial charge is 0.164 e. The lowest BCUT2D eigenvalue weighted by Crippen LogP contribution is -2.07. The molecular weight excluding hydrogens is 300 g/mol. The van der Waals surface area contributed by atoms with Crippen LogP contribution in [0.1, 0.15) is 0 Å². The van der Waals surface area contributed by atoms with Crippen LogP contribution in [0.3, 0.4) is 0 Å². The van der Waals surface area contributed by atoms with Crippen LogP contribution in [0, 0.1) is 0 Å². The molecule has 5 heteroatoms. The number of hydrogen-bond acceptors (Lipinski definition) is 4. The number of benzene rings is 2. The number of nitrogens with two attached hydrogens (primary N) is 1. The maximum Gasteiger partial charge on any atom is 0.164 e. The maximum atomic E-state index is 6.22. The molecule has 4 rings (SSSR count). The fraction of sp³-hybridized carbons (Fsp3) is 0. The van der Waals surface area contributed by atoms with Crippen molar-refractivity contribution in [2.45, 2.75) is 0 Å². The van der Waals surface area contributed by atoms with Crippen molar-refractivity contribution in [3.05, 3.63) is 78.4 Å². The quantitative estimate of drug-likeness (QED) is 0.585. The van der Waals surface area contributed by atoms with Crippen LogP contribution in [0.4, 0.5) is 11.6 Å². The molecule has 4 N–H and O–H groups in total. The van der Waals surface area contributed by atoms with Gasteiger partial charge in [0.15, 0.2) is 11.3 Å². The van der Waals surface area contributed by atoms with Gasteiger partial charge in [-0.2, -0.15) is 0 Å². The Morgan fingerprint density at radius 2 is 1.29 bits per heavy atom. The fourth-order valence-corrected chi connectivity index (χ4v) is 2.70. The Bertz CT molecular complexity index is 1080. The van der Waals surface area contributed by atoms with Gasteiger partial charge in [-0.15, -0.1) is 0 Å². The van der Waals surface area contributed by atoms with E-state index in [2.05, 4.69) is 27.1 Å². The van der Waals surface area contributed by atoms with Gasteiger partial charge in [-0.3, -0.25) is 0 Å².